The molecule has 0 radical (unpaired) electrons. The van der Waals surface area contributed by atoms with E-state index in [9.17, 15) is 8.42 Å². The highest BCUT2D eigenvalue weighted by atomic mass is 32.2. The zero-order chi connectivity index (χ0) is 19.6. The third-order valence-electron chi connectivity index (χ3n) is 4.75. The third-order valence-corrected chi connectivity index (χ3v) is 7.71. The van der Waals surface area contributed by atoms with Gasteiger partial charge in [0.25, 0.3) is 10.0 Å². The summed E-state index contributed by atoms with van der Waals surface area (Å²) in [7, 11) is -3.72. The number of benzene rings is 1. The number of aromatic nitrogens is 1. The van der Waals surface area contributed by atoms with Gasteiger partial charge < -0.3 is 9.15 Å². The second-order valence-electron chi connectivity index (χ2n) is 6.70. The molecule has 1 aliphatic rings. The lowest BCUT2D eigenvalue weighted by Gasteiger charge is -2.11. The lowest BCUT2D eigenvalue weighted by Crippen LogP contribution is -2.12. The van der Waals surface area contributed by atoms with Crippen molar-refractivity contribution in [3.63, 3.8) is 0 Å². The normalized spacial score (nSPS) is 15.0. The number of ether oxygens (including phenoxy) is 1. The van der Waals surface area contributed by atoms with Crippen molar-refractivity contribution in [1.29, 1.82) is 0 Å². The van der Waals surface area contributed by atoms with E-state index in [-0.39, 0.29) is 4.21 Å². The number of sulfonamides is 1. The Morgan fingerprint density at radius 1 is 1.21 bits per heavy atom. The van der Waals surface area contributed by atoms with Gasteiger partial charge >= 0.3 is 0 Å². The first-order valence-corrected chi connectivity index (χ1v) is 11.7. The summed E-state index contributed by atoms with van der Waals surface area (Å²) in [6.07, 6.45) is 6.31. The summed E-state index contributed by atoms with van der Waals surface area (Å²) in [4.78, 5) is 5.15. The van der Waals surface area contributed by atoms with Crippen LogP contribution in [-0.4, -0.2) is 20.0 Å². The van der Waals surface area contributed by atoms with Gasteiger partial charge in [0.2, 0.25) is 0 Å². The fraction of sp³-hybridized carbons (Fsp3) is 0.350. The maximum absolute atomic E-state index is 12.8. The molecule has 0 spiro atoms. The minimum absolute atomic E-state index is 0.215. The summed E-state index contributed by atoms with van der Waals surface area (Å²) in [5.74, 6) is 2.26. The molecule has 1 aliphatic carbocycles. The Hall–Kier alpha value is -2.32. The van der Waals surface area contributed by atoms with Crippen molar-refractivity contribution in [1.82, 2.24) is 4.98 Å². The molecule has 0 aliphatic heterocycles. The molecule has 2 aromatic heterocycles. The summed E-state index contributed by atoms with van der Waals surface area (Å²) in [6, 6.07) is 10.3. The van der Waals surface area contributed by atoms with Crippen molar-refractivity contribution in [2.45, 2.75) is 42.7 Å². The number of nitrogens with one attached hydrogen (secondary N) is 1. The molecule has 28 heavy (non-hydrogen) atoms. The first-order chi connectivity index (χ1) is 13.6. The molecule has 6 nitrogen and oxygen atoms in total. The van der Waals surface area contributed by atoms with Crippen LogP contribution in [0.3, 0.4) is 0 Å². The Balaban J connectivity index is 1.55. The number of hydrogen-bond acceptors (Lipinski definition) is 6. The lowest BCUT2D eigenvalue weighted by atomic mass is 10.1. The maximum atomic E-state index is 12.8. The van der Waals surface area contributed by atoms with Crippen molar-refractivity contribution in [3.05, 3.63) is 48.5 Å². The van der Waals surface area contributed by atoms with Crippen LogP contribution in [0.5, 0.6) is 5.75 Å². The molecule has 1 aromatic carbocycles. The van der Waals surface area contributed by atoms with Gasteiger partial charge in [-0.2, -0.15) is 0 Å². The second kappa shape index (κ2) is 7.97. The molecule has 3 aromatic rings. The van der Waals surface area contributed by atoms with Crippen LogP contribution < -0.4 is 9.46 Å². The molecule has 4 rings (SSSR count). The Morgan fingerprint density at radius 2 is 2.00 bits per heavy atom. The van der Waals surface area contributed by atoms with Crippen molar-refractivity contribution >= 4 is 27.0 Å². The average Bonchev–Trinajstić information content (AvgIpc) is 3.43. The van der Waals surface area contributed by atoms with Gasteiger partial charge in [0.05, 0.1) is 23.4 Å². The number of thiophene rings is 1. The molecule has 2 heterocycles. The predicted molar refractivity (Wildman–Crippen MR) is 109 cm³/mol. The highest BCUT2D eigenvalue weighted by Gasteiger charge is 2.24. The molecule has 0 amide bonds. The molecule has 8 heteroatoms. The van der Waals surface area contributed by atoms with Gasteiger partial charge in [0.1, 0.15) is 9.96 Å². The van der Waals surface area contributed by atoms with Crippen molar-refractivity contribution in [2.75, 3.05) is 11.3 Å². The van der Waals surface area contributed by atoms with Crippen LogP contribution in [0.4, 0.5) is 5.69 Å². The zero-order valence-corrected chi connectivity index (χ0v) is 17.2. The van der Waals surface area contributed by atoms with Crippen LogP contribution >= 0.6 is 11.3 Å². The number of para-hydroxylation sites is 2. The fourth-order valence-electron chi connectivity index (χ4n) is 3.39. The summed E-state index contributed by atoms with van der Waals surface area (Å²) in [5.41, 5.74) is 0.419. The smallest absolute Gasteiger partial charge is 0.271 e. The van der Waals surface area contributed by atoms with E-state index in [1.165, 1.54) is 12.8 Å². The van der Waals surface area contributed by atoms with E-state index in [1.54, 1.807) is 42.6 Å². The van der Waals surface area contributed by atoms with Crippen LogP contribution in [0.25, 0.3) is 10.6 Å². The molecule has 148 valence electrons. The molecule has 1 fully saturated rings. The molecular formula is C20H22N2O4S2. The van der Waals surface area contributed by atoms with Gasteiger partial charge in [-0.1, -0.05) is 25.0 Å². The number of anilines is 1. The molecule has 0 atom stereocenters. The van der Waals surface area contributed by atoms with E-state index >= 15 is 0 Å². The Bertz CT molecular complexity index is 1050. The quantitative estimate of drug-likeness (QED) is 0.566. The number of oxazole rings is 1. The highest BCUT2D eigenvalue weighted by molar-refractivity contribution is 7.94. The second-order valence-corrected chi connectivity index (χ2v) is 9.69. The van der Waals surface area contributed by atoms with Crippen molar-refractivity contribution in [3.8, 4) is 16.4 Å². The lowest BCUT2D eigenvalue weighted by molar-refractivity contribution is 0.342. The first kappa shape index (κ1) is 19.0. The topological polar surface area (TPSA) is 81.4 Å². The van der Waals surface area contributed by atoms with Gasteiger partial charge in [0.15, 0.2) is 11.7 Å². The number of nitrogens with zero attached hydrogens (tertiary/aromatic N) is 1. The highest BCUT2D eigenvalue weighted by Crippen LogP contribution is 2.37. The fourth-order valence-corrected chi connectivity index (χ4v) is 5.71. The predicted octanol–water partition coefficient (Wildman–Crippen LogP) is 5.26. The van der Waals surface area contributed by atoms with E-state index < -0.39 is 10.0 Å². The van der Waals surface area contributed by atoms with Crippen LogP contribution in [0.15, 0.2) is 51.2 Å². The summed E-state index contributed by atoms with van der Waals surface area (Å²) >= 11 is 1.16. The monoisotopic (exact) mass is 418 g/mol. The van der Waals surface area contributed by atoms with E-state index in [4.69, 9.17) is 9.15 Å². The van der Waals surface area contributed by atoms with E-state index in [1.807, 2.05) is 6.92 Å². The Kier molecular flexibility index (Phi) is 5.41. The molecule has 0 bridgehead atoms. The minimum atomic E-state index is -3.72. The summed E-state index contributed by atoms with van der Waals surface area (Å²) in [6.45, 7) is 2.31. The van der Waals surface area contributed by atoms with E-state index in [0.29, 0.717) is 29.7 Å². The largest absolute Gasteiger partial charge is 0.492 e. The maximum Gasteiger partial charge on any atom is 0.271 e. The van der Waals surface area contributed by atoms with Gasteiger partial charge in [-0.25, -0.2) is 13.4 Å². The molecule has 0 saturated heterocycles. The van der Waals surface area contributed by atoms with Crippen LogP contribution in [0.2, 0.25) is 0 Å². The van der Waals surface area contributed by atoms with Gasteiger partial charge in [-0.05, 0) is 44.0 Å². The van der Waals surface area contributed by atoms with Crippen LogP contribution in [0.1, 0.15) is 44.4 Å². The van der Waals surface area contributed by atoms with Crippen molar-refractivity contribution in [2.24, 2.45) is 0 Å². The molecular weight excluding hydrogens is 396 g/mol. The Morgan fingerprint density at radius 3 is 2.79 bits per heavy atom. The summed E-state index contributed by atoms with van der Waals surface area (Å²) in [5, 5.41) is 0. The molecule has 1 N–H and O–H groups in total. The van der Waals surface area contributed by atoms with Crippen molar-refractivity contribution < 1.29 is 17.6 Å². The van der Waals surface area contributed by atoms with Gasteiger partial charge in [0, 0.05) is 5.92 Å². The summed E-state index contributed by atoms with van der Waals surface area (Å²) < 4.78 is 39.9. The Labute approximate surface area is 168 Å². The minimum Gasteiger partial charge on any atom is -0.492 e. The van der Waals surface area contributed by atoms with Gasteiger partial charge in [-0.3, -0.25) is 4.72 Å². The SMILES string of the molecule is CCOc1ccccc1NS(=O)(=O)c1ccc(-c2cnc(C3CCCC3)o2)s1. The van der Waals surface area contributed by atoms with E-state index in [2.05, 4.69) is 9.71 Å². The standard InChI is InChI=1S/C20H22N2O4S2/c1-2-25-16-10-6-5-9-15(16)22-28(23,24)19-12-11-18(27-19)17-13-21-20(26-17)14-7-3-4-8-14/h5-6,9-14,22H,2-4,7-8H2,1H3. The van der Waals surface area contributed by atoms with E-state index in [0.717, 1.165) is 34.9 Å². The first-order valence-electron chi connectivity index (χ1n) is 9.37. The third kappa shape index (κ3) is 3.93. The van der Waals surface area contributed by atoms with Crippen LogP contribution in [0, 0.1) is 0 Å². The molecule has 0 unspecified atom stereocenters. The van der Waals surface area contributed by atoms with Crippen LogP contribution in [-0.2, 0) is 10.0 Å². The molecule has 1 saturated carbocycles. The number of rotatable bonds is 7. The zero-order valence-electron chi connectivity index (χ0n) is 15.6. The number of hydrogen-bond donors (Lipinski definition) is 1. The average molecular weight is 419 g/mol. The van der Waals surface area contributed by atoms with Gasteiger partial charge in [-0.15, -0.1) is 11.3 Å².